The van der Waals surface area contributed by atoms with Crippen LogP contribution < -0.4 is 0 Å². The first-order valence-electron chi connectivity index (χ1n) is 5.63. The molecule has 0 amide bonds. The Morgan fingerprint density at radius 3 is 2.56 bits per heavy atom. The van der Waals surface area contributed by atoms with Gasteiger partial charge >= 0.3 is 0 Å². The molecule has 0 unspecified atom stereocenters. The summed E-state index contributed by atoms with van der Waals surface area (Å²) in [5.41, 5.74) is 1.22. The molecule has 0 aliphatic rings. The van der Waals surface area contributed by atoms with Gasteiger partial charge in [-0.05, 0) is 29.9 Å². The molecule has 16 heavy (non-hydrogen) atoms. The Balaban J connectivity index is 2.79. The predicted octanol–water partition coefficient (Wildman–Crippen LogP) is 4.00. The fourth-order valence-electron chi connectivity index (χ4n) is 1.77. The molecule has 0 saturated carbocycles. The summed E-state index contributed by atoms with van der Waals surface area (Å²) in [6.07, 6.45) is 4.33. The maximum absolute atomic E-state index is 8.77. The number of hydrogen-bond acceptors (Lipinski definition) is 3. The summed E-state index contributed by atoms with van der Waals surface area (Å²) in [5.74, 6) is 0.105. The molecule has 0 atom stereocenters. The van der Waals surface area contributed by atoms with Gasteiger partial charge in [0, 0.05) is 23.6 Å². The van der Waals surface area contributed by atoms with Gasteiger partial charge in [0.25, 0.3) is 0 Å². The van der Waals surface area contributed by atoms with Crippen LogP contribution in [0.25, 0.3) is 0 Å². The first-order chi connectivity index (χ1) is 7.83. The van der Waals surface area contributed by atoms with Crippen LogP contribution in [0.4, 0.5) is 0 Å². The van der Waals surface area contributed by atoms with E-state index in [1.807, 2.05) is 0 Å². The van der Waals surface area contributed by atoms with E-state index < -0.39 is 0 Å². The normalized spacial score (nSPS) is 10.0. The van der Waals surface area contributed by atoms with Crippen LogP contribution in [0.5, 0.6) is 0 Å². The van der Waals surface area contributed by atoms with Crippen LogP contribution in [0.15, 0.2) is 11.4 Å². The average Bonchev–Trinajstić information content (AvgIpc) is 2.74. The van der Waals surface area contributed by atoms with Crippen LogP contribution in [0.3, 0.4) is 0 Å². The topological polar surface area (TPSA) is 47.6 Å². The van der Waals surface area contributed by atoms with Crippen molar-refractivity contribution >= 4 is 11.3 Å². The highest BCUT2D eigenvalue weighted by atomic mass is 32.1. The molecule has 3 heteroatoms. The van der Waals surface area contributed by atoms with Crippen molar-refractivity contribution in [2.24, 2.45) is 0 Å². The van der Waals surface area contributed by atoms with Gasteiger partial charge in [0.15, 0.2) is 0 Å². The second-order valence-electron chi connectivity index (χ2n) is 3.82. The molecule has 1 rings (SSSR count). The van der Waals surface area contributed by atoms with Gasteiger partial charge in [-0.2, -0.15) is 10.5 Å². The smallest absolute Gasteiger partial charge is 0.0628 e. The van der Waals surface area contributed by atoms with Crippen LogP contribution >= 0.6 is 11.3 Å². The Morgan fingerprint density at radius 2 is 2.00 bits per heavy atom. The molecule has 0 aliphatic carbocycles. The molecule has 0 aliphatic heterocycles. The molecule has 2 nitrogen and oxygen atoms in total. The molecule has 0 bridgehead atoms. The van der Waals surface area contributed by atoms with Gasteiger partial charge in [0.1, 0.15) is 0 Å². The minimum Gasteiger partial charge on any atom is -0.198 e. The number of unbranched alkanes of at least 4 members (excludes halogenated alkanes) is 1. The van der Waals surface area contributed by atoms with E-state index in [2.05, 4.69) is 30.5 Å². The first kappa shape index (κ1) is 12.7. The fourth-order valence-corrected chi connectivity index (χ4v) is 2.78. The number of hydrogen-bond donors (Lipinski definition) is 0. The van der Waals surface area contributed by atoms with E-state index in [-0.39, 0.29) is 5.92 Å². The number of nitriles is 2. The molecule has 0 radical (unpaired) electrons. The zero-order chi connectivity index (χ0) is 11.8. The van der Waals surface area contributed by atoms with E-state index in [1.54, 1.807) is 11.3 Å². The highest BCUT2D eigenvalue weighted by molar-refractivity contribution is 7.10. The van der Waals surface area contributed by atoms with E-state index in [9.17, 15) is 0 Å². The Labute approximate surface area is 101 Å². The quantitative estimate of drug-likeness (QED) is 0.744. The summed E-state index contributed by atoms with van der Waals surface area (Å²) in [7, 11) is 0. The Bertz CT molecular complexity index is 379. The second kappa shape index (κ2) is 7.04. The van der Waals surface area contributed by atoms with Crippen molar-refractivity contribution < 1.29 is 0 Å². The van der Waals surface area contributed by atoms with Crippen LogP contribution in [-0.4, -0.2) is 0 Å². The number of nitrogens with zero attached hydrogens (tertiary/aromatic N) is 2. The molecule has 1 aromatic heterocycles. The van der Waals surface area contributed by atoms with E-state index in [1.165, 1.54) is 23.3 Å². The lowest BCUT2D eigenvalue weighted by atomic mass is 9.93. The molecular formula is C13H16N2S. The van der Waals surface area contributed by atoms with Gasteiger partial charge in [-0.3, -0.25) is 0 Å². The lowest BCUT2D eigenvalue weighted by molar-refractivity contribution is 0.710. The third kappa shape index (κ3) is 3.36. The van der Waals surface area contributed by atoms with E-state index in [0.717, 1.165) is 6.42 Å². The number of aryl methyl sites for hydroxylation is 1. The molecule has 0 aromatic carbocycles. The van der Waals surface area contributed by atoms with E-state index >= 15 is 0 Å². The first-order valence-corrected chi connectivity index (χ1v) is 6.51. The second-order valence-corrected chi connectivity index (χ2v) is 4.82. The maximum atomic E-state index is 8.77. The fraction of sp³-hybridized carbons (Fsp3) is 0.538. The van der Waals surface area contributed by atoms with Crippen LogP contribution in [-0.2, 0) is 6.42 Å². The predicted molar refractivity (Wildman–Crippen MR) is 66.1 cm³/mol. The minimum atomic E-state index is 0.105. The van der Waals surface area contributed by atoms with Gasteiger partial charge in [0.2, 0.25) is 0 Å². The summed E-state index contributed by atoms with van der Waals surface area (Å²) in [4.78, 5) is 1.36. The molecule has 0 fully saturated rings. The van der Waals surface area contributed by atoms with Crippen LogP contribution in [0.1, 0.15) is 49.0 Å². The summed E-state index contributed by atoms with van der Waals surface area (Å²) in [6.45, 7) is 2.18. The summed E-state index contributed by atoms with van der Waals surface area (Å²) < 4.78 is 0. The monoisotopic (exact) mass is 232 g/mol. The lowest BCUT2D eigenvalue weighted by Gasteiger charge is -2.10. The van der Waals surface area contributed by atoms with Gasteiger partial charge < -0.3 is 0 Å². The zero-order valence-electron chi connectivity index (χ0n) is 9.57. The van der Waals surface area contributed by atoms with Crippen molar-refractivity contribution in [3.8, 4) is 12.1 Å². The molecular weight excluding hydrogens is 216 g/mol. The van der Waals surface area contributed by atoms with Gasteiger partial charge in [-0.1, -0.05) is 13.3 Å². The third-order valence-electron chi connectivity index (χ3n) is 2.65. The molecule has 1 heterocycles. The van der Waals surface area contributed by atoms with Gasteiger partial charge in [-0.25, -0.2) is 0 Å². The van der Waals surface area contributed by atoms with Crippen molar-refractivity contribution in [2.75, 3.05) is 0 Å². The SMILES string of the molecule is CCCCc1sccc1C(CC#N)CC#N. The lowest BCUT2D eigenvalue weighted by Crippen LogP contribution is -1.99. The molecule has 0 N–H and O–H groups in total. The molecule has 1 aromatic rings. The van der Waals surface area contributed by atoms with Crippen molar-refractivity contribution in [2.45, 2.75) is 44.9 Å². The Kier molecular flexibility index (Phi) is 5.61. The Hall–Kier alpha value is -1.32. The maximum Gasteiger partial charge on any atom is 0.0628 e. The summed E-state index contributed by atoms with van der Waals surface area (Å²) >= 11 is 1.75. The largest absolute Gasteiger partial charge is 0.198 e. The molecule has 0 spiro atoms. The summed E-state index contributed by atoms with van der Waals surface area (Å²) in [5, 5.41) is 19.6. The van der Waals surface area contributed by atoms with Gasteiger partial charge in [0.05, 0.1) is 12.1 Å². The minimum absolute atomic E-state index is 0.105. The molecule has 0 saturated heterocycles. The van der Waals surface area contributed by atoms with Crippen molar-refractivity contribution in [3.63, 3.8) is 0 Å². The third-order valence-corrected chi connectivity index (χ3v) is 3.65. The Morgan fingerprint density at radius 1 is 1.31 bits per heavy atom. The highest BCUT2D eigenvalue weighted by Crippen LogP contribution is 2.30. The highest BCUT2D eigenvalue weighted by Gasteiger charge is 2.15. The standard InChI is InChI=1S/C13H16N2S/c1-2-3-4-13-12(7-10-16-13)11(5-8-14)6-9-15/h7,10-11H,2-6H2,1H3. The van der Waals surface area contributed by atoms with Crippen molar-refractivity contribution in [1.29, 1.82) is 10.5 Å². The van der Waals surface area contributed by atoms with Crippen molar-refractivity contribution in [3.05, 3.63) is 21.9 Å². The summed E-state index contributed by atoms with van der Waals surface area (Å²) in [6, 6.07) is 6.43. The number of thiophene rings is 1. The van der Waals surface area contributed by atoms with Gasteiger partial charge in [-0.15, -0.1) is 11.3 Å². The van der Waals surface area contributed by atoms with E-state index in [0.29, 0.717) is 12.8 Å². The van der Waals surface area contributed by atoms with E-state index in [4.69, 9.17) is 10.5 Å². The van der Waals surface area contributed by atoms with Crippen LogP contribution in [0.2, 0.25) is 0 Å². The van der Waals surface area contributed by atoms with Crippen molar-refractivity contribution in [1.82, 2.24) is 0 Å². The van der Waals surface area contributed by atoms with Crippen LogP contribution in [0, 0.1) is 22.7 Å². The average molecular weight is 232 g/mol. The zero-order valence-corrected chi connectivity index (χ0v) is 10.4. The molecule has 84 valence electrons. The number of rotatable bonds is 6.